The van der Waals surface area contributed by atoms with Crippen LogP contribution in [-0.4, -0.2) is 31.1 Å². The van der Waals surface area contributed by atoms with Crippen molar-refractivity contribution in [2.24, 2.45) is 0 Å². The van der Waals surface area contributed by atoms with E-state index in [9.17, 15) is 4.39 Å². The van der Waals surface area contributed by atoms with Crippen LogP contribution in [0.2, 0.25) is 5.02 Å². The SMILES string of the molecule is C=C[C@@H](c1c(F)ccc(C)c1Cl)N1CCNCC1.Cl.Cl. The Morgan fingerprint density at radius 3 is 2.50 bits per heavy atom. The summed E-state index contributed by atoms with van der Waals surface area (Å²) in [4.78, 5) is 2.20. The molecule has 0 radical (unpaired) electrons. The predicted molar refractivity (Wildman–Crippen MR) is 88.0 cm³/mol. The lowest BCUT2D eigenvalue weighted by molar-refractivity contribution is 0.200. The first kappa shape index (κ1) is 19.7. The molecule has 1 aliphatic heterocycles. The van der Waals surface area contributed by atoms with Crippen LogP contribution in [0.4, 0.5) is 4.39 Å². The van der Waals surface area contributed by atoms with Crippen LogP contribution in [0.1, 0.15) is 17.2 Å². The van der Waals surface area contributed by atoms with Crippen molar-refractivity contribution >= 4 is 36.4 Å². The Kier molecular flexibility index (Phi) is 8.71. The number of aryl methyl sites for hydroxylation is 1. The summed E-state index contributed by atoms with van der Waals surface area (Å²) < 4.78 is 14.0. The minimum Gasteiger partial charge on any atom is -0.314 e. The van der Waals surface area contributed by atoms with Gasteiger partial charge in [-0.15, -0.1) is 31.4 Å². The zero-order chi connectivity index (χ0) is 13.1. The van der Waals surface area contributed by atoms with Crippen molar-refractivity contribution in [2.75, 3.05) is 26.2 Å². The van der Waals surface area contributed by atoms with Crippen molar-refractivity contribution < 1.29 is 4.39 Å². The summed E-state index contributed by atoms with van der Waals surface area (Å²) >= 11 is 6.26. The monoisotopic (exact) mass is 340 g/mol. The fourth-order valence-electron chi connectivity index (χ4n) is 2.36. The molecule has 1 aromatic rings. The predicted octanol–water partition coefficient (Wildman–Crippen LogP) is 3.76. The maximum Gasteiger partial charge on any atom is 0.129 e. The molecule has 1 heterocycles. The van der Waals surface area contributed by atoms with Crippen molar-refractivity contribution in [3.8, 4) is 0 Å². The molecule has 114 valence electrons. The van der Waals surface area contributed by atoms with Crippen molar-refractivity contribution in [1.82, 2.24) is 10.2 Å². The lowest BCUT2D eigenvalue weighted by atomic mass is 10.0. The zero-order valence-corrected chi connectivity index (χ0v) is 13.8. The summed E-state index contributed by atoms with van der Waals surface area (Å²) in [6, 6.07) is 3.04. The molecule has 1 aliphatic rings. The van der Waals surface area contributed by atoms with E-state index < -0.39 is 0 Å². The van der Waals surface area contributed by atoms with Gasteiger partial charge in [-0.25, -0.2) is 4.39 Å². The highest BCUT2D eigenvalue weighted by Crippen LogP contribution is 2.33. The van der Waals surface area contributed by atoms with E-state index in [1.54, 1.807) is 12.1 Å². The van der Waals surface area contributed by atoms with Crippen molar-refractivity contribution in [2.45, 2.75) is 13.0 Å². The van der Waals surface area contributed by atoms with Gasteiger partial charge in [0.25, 0.3) is 0 Å². The van der Waals surface area contributed by atoms with Crippen molar-refractivity contribution in [3.05, 3.63) is 46.8 Å². The van der Waals surface area contributed by atoms with Gasteiger partial charge in [-0.1, -0.05) is 23.7 Å². The Morgan fingerprint density at radius 2 is 1.95 bits per heavy atom. The summed E-state index contributed by atoms with van der Waals surface area (Å²) in [6.45, 7) is 9.30. The number of nitrogens with zero attached hydrogens (tertiary/aromatic N) is 1. The topological polar surface area (TPSA) is 15.3 Å². The van der Waals surface area contributed by atoms with Gasteiger partial charge in [-0.2, -0.15) is 0 Å². The van der Waals surface area contributed by atoms with E-state index in [1.807, 2.05) is 6.92 Å². The van der Waals surface area contributed by atoms with Gasteiger partial charge in [0.2, 0.25) is 0 Å². The Hall–Kier alpha value is -0.320. The average Bonchev–Trinajstić information content (AvgIpc) is 2.40. The molecular formula is C14H20Cl3FN2. The molecule has 0 aromatic heterocycles. The van der Waals surface area contributed by atoms with Crippen LogP contribution in [0, 0.1) is 12.7 Å². The Morgan fingerprint density at radius 1 is 1.35 bits per heavy atom. The molecule has 2 rings (SSSR count). The number of rotatable bonds is 3. The molecule has 1 fully saturated rings. The average molecular weight is 342 g/mol. The highest BCUT2D eigenvalue weighted by Gasteiger charge is 2.24. The molecule has 0 amide bonds. The highest BCUT2D eigenvalue weighted by molar-refractivity contribution is 6.32. The fourth-order valence-corrected chi connectivity index (χ4v) is 2.62. The maximum absolute atomic E-state index is 14.0. The Labute approximate surface area is 137 Å². The first-order valence-corrected chi connectivity index (χ1v) is 6.54. The molecule has 0 aliphatic carbocycles. The van der Waals surface area contributed by atoms with Crippen LogP contribution in [0.15, 0.2) is 24.8 Å². The van der Waals surface area contributed by atoms with Gasteiger partial charge in [-0.3, -0.25) is 4.90 Å². The first-order chi connectivity index (χ1) is 8.65. The summed E-state index contributed by atoms with van der Waals surface area (Å²) in [5, 5.41) is 3.80. The second-order valence-corrected chi connectivity index (χ2v) is 4.94. The number of piperazine rings is 1. The minimum absolute atomic E-state index is 0. The Balaban J connectivity index is 0.00000180. The molecule has 1 atom stereocenters. The van der Waals surface area contributed by atoms with Crippen LogP contribution in [-0.2, 0) is 0 Å². The molecule has 0 bridgehead atoms. The smallest absolute Gasteiger partial charge is 0.129 e. The van der Waals surface area contributed by atoms with Gasteiger partial charge in [0, 0.05) is 31.7 Å². The third kappa shape index (κ3) is 4.09. The molecule has 1 saturated heterocycles. The second-order valence-electron chi connectivity index (χ2n) is 4.56. The maximum atomic E-state index is 14.0. The molecule has 0 unspecified atom stereocenters. The third-order valence-electron chi connectivity index (χ3n) is 3.38. The van der Waals surface area contributed by atoms with Gasteiger partial charge >= 0.3 is 0 Å². The molecule has 0 saturated carbocycles. The fraction of sp³-hybridized carbons (Fsp3) is 0.429. The number of nitrogens with one attached hydrogen (secondary N) is 1. The molecule has 1 N–H and O–H groups in total. The lowest BCUT2D eigenvalue weighted by Crippen LogP contribution is -2.44. The van der Waals surface area contributed by atoms with Gasteiger partial charge in [0.1, 0.15) is 5.82 Å². The summed E-state index contributed by atoms with van der Waals surface area (Å²) in [7, 11) is 0. The standard InChI is InChI=1S/C14H18ClFN2.2ClH/c1-3-12(18-8-6-17-7-9-18)13-11(16)5-4-10(2)14(13)15;;/h3-5,12,17H,1,6-9H2,2H3;2*1H/t12-;;/m0../s1. The van der Waals surface area contributed by atoms with Gasteiger partial charge in [0.05, 0.1) is 11.1 Å². The van der Waals surface area contributed by atoms with Crippen LogP contribution < -0.4 is 5.32 Å². The molecule has 1 aromatic carbocycles. The number of hydrogen-bond acceptors (Lipinski definition) is 2. The van der Waals surface area contributed by atoms with Crippen LogP contribution in [0.25, 0.3) is 0 Å². The molecule has 6 heteroatoms. The van der Waals surface area contributed by atoms with Gasteiger partial charge in [-0.05, 0) is 18.6 Å². The molecule has 0 spiro atoms. The van der Waals surface area contributed by atoms with E-state index in [-0.39, 0.29) is 36.7 Å². The lowest BCUT2D eigenvalue weighted by Gasteiger charge is -2.34. The van der Waals surface area contributed by atoms with E-state index >= 15 is 0 Å². The van der Waals surface area contributed by atoms with Crippen LogP contribution in [0.3, 0.4) is 0 Å². The summed E-state index contributed by atoms with van der Waals surface area (Å²) in [6.07, 6.45) is 1.77. The van der Waals surface area contributed by atoms with E-state index in [2.05, 4.69) is 16.8 Å². The summed E-state index contributed by atoms with van der Waals surface area (Å²) in [5.74, 6) is -0.256. The van der Waals surface area contributed by atoms with E-state index in [1.165, 1.54) is 6.07 Å². The van der Waals surface area contributed by atoms with Crippen molar-refractivity contribution in [3.63, 3.8) is 0 Å². The molecular weight excluding hydrogens is 322 g/mol. The Bertz CT molecular complexity index is 448. The summed E-state index contributed by atoms with van der Waals surface area (Å²) in [5.41, 5.74) is 1.45. The van der Waals surface area contributed by atoms with E-state index in [0.29, 0.717) is 10.6 Å². The van der Waals surface area contributed by atoms with Crippen LogP contribution in [0.5, 0.6) is 0 Å². The minimum atomic E-state index is -0.256. The first-order valence-electron chi connectivity index (χ1n) is 6.17. The number of hydrogen-bond donors (Lipinski definition) is 1. The highest BCUT2D eigenvalue weighted by atomic mass is 35.5. The van der Waals surface area contributed by atoms with E-state index in [0.717, 1.165) is 31.7 Å². The molecule has 20 heavy (non-hydrogen) atoms. The van der Waals surface area contributed by atoms with E-state index in [4.69, 9.17) is 11.6 Å². The zero-order valence-electron chi connectivity index (χ0n) is 11.4. The van der Waals surface area contributed by atoms with Gasteiger partial charge in [0.15, 0.2) is 0 Å². The van der Waals surface area contributed by atoms with Gasteiger partial charge < -0.3 is 5.32 Å². The normalized spacial score (nSPS) is 16.8. The largest absolute Gasteiger partial charge is 0.314 e. The molecule has 2 nitrogen and oxygen atoms in total. The quantitative estimate of drug-likeness (QED) is 0.842. The van der Waals surface area contributed by atoms with Crippen LogP contribution >= 0.6 is 36.4 Å². The second kappa shape index (κ2) is 8.85. The van der Waals surface area contributed by atoms with Crippen molar-refractivity contribution in [1.29, 1.82) is 0 Å². The third-order valence-corrected chi connectivity index (χ3v) is 3.89. The number of benzene rings is 1. The number of halogens is 4.